The minimum absolute atomic E-state index is 0.337. The van der Waals surface area contributed by atoms with Crippen LogP contribution in [0.4, 0.5) is 0 Å². The maximum atomic E-state index is 6.10. The predicted octanol–water partition coefficient (Wildman–Crippen LogP) is 4.41. The first-order valence-corrected chi connectivity index (χ1v) is 10.2. The van der Waals surface area contributed by atoms with Crippen LogP contribution in [0.2, 0.25) is 0 Å². The van der Waals surface area contributed by atoms with Crippen LogP contribution in [-0.4, -0.2) is 26.4 Å². The van der Waals surface area contributed by atoms with Gasteiger partial charge in [-0.25, -0.2) is 4.98 Å². The number of allylic oxidation sites excluding steroid dienone is 1. The molecule has 1 aliphatic rings. The Morgan fingerprint density at radius 1 is 1.10 bits per heavy atom. The van der Waals surface area contributed by atoms with Gasteiger partial charge in [-0.05, 0) is 24.3 Å². The van der Waals surface area contributed by atoms with Gasteiger partial charge in [0, 0.05) is 6.54 Å². The number of benzene rings is 2. The first-order valence-electron chi connectivity index (χ1n) is 9.21. The molecule has 0 fully saturated rings. The molecule has 0 radical (unpaired) electrons. The van der Waals surface area contributed by atoms with E-state index in [0.717, 1.165) is 22.0 Å². The highest BCUT2D eigenvalue weighted by Gasteiger charge is 2.28. The Morgan fingerprint density at radius 3 is 2.79 bits per heavy atom. The van der Waals surface area contributed by atoms with Crippen LogP contribution in [0, 0.1) is 0 Å². The van der Waals surface area contributed by atoms with E-state index >= 15 is 0 Å². The summed E-state index contributed by atoms with van der Waals surface area (Å²) in [6.07, 6.45) is 1.48. The van der Waals surface area contributed by atoms with E-state index in [-0.39, 0.29) is 6.10 Å². The second-order valence-electron chi connectivity index (χ2n) is 6.47. The largest absolute Gasteiger partial charge is 0.485 e. The fraction of sp³-hybridized carbons (Fsp3) is 0.190. The van der Waals surface area contributed by atoms with Crippen molar-refractivity contribution in [3.05, 3.63) is 72.9 Å². The molecule has 1 aliphatic heterocycles. The Morgan fingerprint density at radius 2 is 1.93 bits per heavy atom. The van der Waals surface area contributed by atoms with Gasteiger partial charge in [0.25, 0.3) is 0 Å². The summed E-state index contributed by atoms with van der Waals surface area (Å²) in [5.74, 6) is 3.35. The first kappa shape index (κ1) is 17.8. The smallest absolute Gasteiger partial charge is 0.205 e. The van der Waals surface area contributed by atoms with Crippen LogP contribution >= 0.6 is 11.8 Å². The monoisotopic (exact) mass is 406 g/mol. The second kappa shape index (κ2) is 7.63. The van der Waals surface area contributed by atoms with Gasteiger partial charge in [0.05, 0.1) is 5.75 Å². The number of para-hydroxylation sites is 4. The summed E-state index contributed by atoms with van der Waals surface area (Å²) >= 11 is 1.51. The third-order valence-electron chi connectivity index (χ3n) is 4.52. The van der Waals surface area contributed by atoms with Gasteiger partial charge in [-0.15, -0.1) is 16.8 Å². The zero-order valence-electron chi connectivity index (χ0n) is 15.5. The van der Waals surface area contributed by atoms with Crippen molar-refractivity contribution < 1.29 is 13.9 Å². The fourth-order valence-electron chi connectivity index (χ4n) is 3.20. The molecule has 2 aromatic carbocycles. The number of hydrogen-bond acceptors (Lipinski definition) is 7. The highest BCUT2D eigenvalue weighted by atomic mass is 32.2. The highest BCUT2D eigenvalue weighted by Crippen LogP contribution is 2.36. The molecule has 0 amide bonds. The molecule has 0 spiro atoms. The number of aromatic nitrogens is 4. The standard InChI is InChI=1S/C21H18N4O3S/c1-2-11-25-20(18-12-26-16-9-5-6-10-17(16)27-18)23-24-21(25)29-13-19-22-14-7-3-4-8-15(14)28-19/h2-10,18H,1,11-13H2/t18-/m1/s1. The lowest BCUT2D eigenvalue weighted by molar-refractivity contribution is 0.0821. The lowest BCUT2D eigenvalue weighted by Crippen LogP contribution is -2.25. The van der Waals surface area contributed by atoms with E-state index < -0.39 is 0 Å². The fourth-order valence-corrected chi connectivity index (χ4v) is 4.00. The Labute approximate surface area is 171 Å². The molecule has 2 aromatic heterocycles. The van der Waals surface area contributed by atoms with E-state index in [1.165, 1.54) is 11.8 Å². The second-order valence-corrected chi connectivity index (χ2v) is 7.41. The van der Waals surface area contributed by atoms with Gasteiger partial charge < -0.3 is 13.9 Å². The van der Waals surface area contributed by atoms with Gasteiger partial charge >= 0.3 is 0 Å². The Kier molecular flexibility index (Phi) is 4.69. The van der Waals surface area contributed by atoms with Crippen LogP contribution in [-0.2, 0) is 12.3 Å². The first-order chi connectivity index (χ1) is 14.3. The summed E-state index contributed by atoms with van der Waals surface area (Å²) in [7, 11) is 0. The van der Waals surface area contributed by atoms with Crippen LogP contribution < -0.4 is 9.47 Å². The molecule has 7 nitrogen and oxygen atoms in total. The van der Waals surface area contributed by atoms with Crippen molar-refractivity contribution in [1.82, 2.24) is 19.7 Å². The van der Waals surface area contributed by atoms with Crippen LogP contribution in [0.1, 0.15) is 17.8 Å². The van der Waals surface area contributed by atoms with Crippen LogP contribution in [0.25, 0.3) is 11.1 Å². The maximum absolute atomic E-state index is 6.10. The van der Waals surface area contributed by atoms with Crippen molar-refractivity contribution in [2.75, 3.05) is 6.61 Å². The number of rotatable bonds is 6. The molecular formula is C21H18N4O3S. The van der Waals surface area contributed by atoms with Crippen molar-refractivity contribution in [2.24, 2.45) is 0 Å². The number of thioether (sulfide) groups is 1. The molecule has 0 saturated heterocycles. The summed E-state index contributed by atoms with van der Waals surface area (Å²) < 4.78 is 19.7. The van der Waals surface area contributed by atoms with Crippen molar-refractivity contribution >= 4 is 22.9 Å². The zero-order chi connectivity index (χ0) is 19.6. The summed E-state index contributed by atoms with van der Waals surface area (Å²) in [6, 6.07) is 15.3. The summed E-state index contributed by atoms with van der Waals surface area (Å²) in [5, 5.41) is 9.49. The Hall–Kier alpha value is -3.26. The highest BCUT2D eigenvalue weighted by molar-refractivity contribution is 7.98. The molecule has 4 aromatic rings. The van der Waals surface area contributed by atoms with Gasteiger partial charge in [0.15, 0.2) is 34.2 Å². The van der Waals surface area contributed by atoms with E-state index in [2.05, 4.69) is 21.8 Å². The van der Waals surface area contributed by atoms with Crippen molar-refractivity contribution in [2.45, 2.75) is 23.6 Å². The molecule has 0 bridgehead atoms. The minimum Gasteiger partial charge on any atom is -0.485 e. The number of fused-ring (bicyclic) bond motifs is 2. The topological polar surface area (TPSA) is 75.2 Å². The van der Waals surface area contributed by atoms with Crippen molar-refractivity contribution in [3.63, 3.8) is 0 Å². The van der Waals surface area contributed by atoms with Gasteiger partial charge in [0.1, 0.15) is 12.1 Å². The predicted molar refractivity (Wildman–Crippen MR) is 109 cm³/mol. The normalized spacial score (nSPS) is 15.5. The maximum Gasteiger partial charge on any atom is 0.205 e. The van der Waals surface area contributed by atoms with E-state index in [1.807, 2.05) is 59.2 Å². The van der Waals surface area contributed by atoms with Gasteiger partial charge in [-0.1, -0.05) is 42.1 Å². The molecule has 0 saturated carbocycles. The van der Waals surface area contributed by atoms with Crippen molar-refractivity contribution in [3.8, 4) is 11.5 Å². The molecular weight excluding hydrogens is 388 g/mol. The number of nitrogens with zero attached hydrogens (tertiary/aromatic N) is 4. The quantitative estimate of drug-likeness (QED) is 0.347. The van der Waals surface area contributed by atoms with Crippen molar-refractivity contribution in [1.29, 1.82) is 0 Å². The molecule has 29 heavy (non-hydrogen) atoms. The number of ether oxygens (including phenoxy) is 2. The molecule has 1 atom stereocenters. The number of oxazole rings is 1. The Balaban J connectivity index is 1.37. The summed E-state index contributed by atoms with van der Waals surface area (Å²) in [4.78, 5) is 4.52. The molecule has 5 rings (SSSR count). The average molecular weight is 406 g/mol. The SMILES string of the molecule is C=CCn1c(SCc2nc3ccccc3o2)nnc1[C@H]1COc2ccccc2O1. The third kappa shape index (κ3) is 3.47. The van der Waals surface area contributed by atoms with E-state index in [1.54, 1.807) is 0 Å². The van der Waals surface area contributed by atoms with E-state index in [4.69, 9.17) is 13.9 Å². The van der Waals surface area contributed by atoms with Gasteiger partial charge in [-0.3, -0.25) is 4.57 Å². The molecule has 0 N–H and O–H groups in total. The van der Waals surface area contributed by atoms with Gasteiger partial charge in [0.2, 0.25) is 5.89 Å². The zero-order valence-corrected chi connectivity index (χ0v) is 16.3. The lowest BCUT2D eigenvalue weighted by Gasteiger charge is -2.26. The van der Waals surface area contributed by atoms with E-state index in [0.29, 0.717) is 36.4 Å². The Bertz CT molecular complexity index is 1140. The van der Waals surface area contributed by atoms with Gasteiger partial charge in [-0.2, -0.15) is 0 Å². The third-order valence-corrected chi connectivity index (χ3v) is 5.47. The van der Waals surface area contributed by atoms with Crippen LogP contribution in [0.3, 0.4) is 0 Å². The lowest BCUT2D eigenvalue weighted by atomic mass is 10.2. The van der Waals surface area contributed by atoms with Crippen LogP contribution in [0.15, 0.2) is 70.8 Å². The minimum atomic E-state index is -0.337. The molecule has 0 aliphatic carbocycles. The molecule has 146 valence electrons. The van der Waals surface area contributed by atoms with Crippen LogP contribution in [0.5, 0.6) is 11.5 Å². The molecule has 3 heterocycles. The summed E-state index contributed by atoms with van der Waals surface area (Å²) in [5.41, 5.74) is 1.63. The average Bonchev–Trinajstić information content (AvgIpc) is 3.36. The molecule has 8 heteroatoms. The van der Waals surface area contributed by atoms with E-state index in [9.17, 15) is 0 Å². The summed E-state index contributed by atoms with van der Waals surface area (Å²) in [6.45, 7) is 4.80. The number of hydrogen-bond donors (Lipinski definition) is 0. The molecule has 0 unspecified atom stereocenters.